The van der Waals surface area contributed by atoms with E-state index in [1.54, 1.807) is 0 Å². The van der Waals surface area contributed by atoms with Gasteiger partial charge in [0.25, 0.3) is 0 Å². The Kier molecular flexibility index (Phi) is 4.92. The van der Waals surface area contributed by atoms with Gasteiger partial charge in [-0.3, -0.25) is 0 Å². The van der Waals surface area contributed by atoms with Gasteiger partial charge in [-0.15, -0.1) is 0 Å². The zero-order valence-electron chi connectivity index (χ0n) is 4.62. The molecule has 0 amide bonds. The molecule has 1 nitrogen and oxygen atoms in total. The van der Waals surface area contributed by atoms with Gasteiger partial charge in [0.2, 0.25) is 0 Å². The molecule has 0 saturated carbocycles. The molecule has 0 spiro atoms. The summed E-state index contributed by atoms with van der Waals surface area (Å²) in [5, 5.41) is 7.19. The summed E-state index contributed by atoms with van der Waals surface area (Å²) in [6.07, 6.45) is -3.50. The molecule has 0 unspecified atom stereocenters. The minimum atomic E-state index is -6.17. The van der Waals surface area contributed by atoms with Crippen molar-refractivity contribution in [1.29, 1.82) is 0 Å². The van der Waals surface area contributed by atoms with Gasteiger partial charge in [0.05, 0.1) is 0 Å². The van der Waals surface area contributed by atoms with Crippen molar-refractivity contribution >= 4 is 11.6 Å². The lowest BCUT2D eigenvalue weighted by atomic mass is 10.8. The van der Waals surface area contributed by atoms with Crippen molar-refractivity contribution in [2.24, 2.45) is 0 Å². The van der Waals surface area contributed by atoms with E-state index in [9.17, 15) is 24.3 Å². The lowest BCUT2D eigenvalue weighted by Crippen LogP contribution is -2.04. The summed E-state index contributed by atoms with van der Waals surface area (Å²) in [6.45, 7) is 0.410. The number of alkyl halides is 2. The summed E-state index contributed by atoms with van der Waals surface area (Å²) in [5.74, 6) is 0. The van der Waals surface area contributed by atoms with Crippen LogP contribution in [0.25, 0.3) is 0 Å². The van der Waals surface area contributed by atoms with Gasteiger partial charge in [-0.1, -0.05) is 15.5 Å². The van der Waals surface area contributed by atoms with Gasteiger partial charge in [0.15, 0.2) is 0 Å². The van der Waals surface area contributed by atoms with Gasteiger partial charge in [0, 0.05) is 6.92 Å². The van der Waals surface area contributed by atoms with Crippen LogP contribution in [0.4, 0.5) is 24.3 Å². The third-order valence-electron chi connectivity index (χ3n) is 0. The van der Waals surface area contributed by atoms with E-state index >= 15 is 0 Å². The van der Waals surface area contributed by atoms with Crippen molar-refractivity contribution in [2.75, 3.05) is 0 Å². The fraction of sp³-hybridized carbons (Fsp3) is 1.00. The Labute approximate surface area is 55.1 Å². The number of rotatable bonds is 0. The van der Waals surface area contributed by atoms with E-state index in [0.717, 1.165) is 0 Å². The number of hydrogen-bond acceptors (Lipinski definition) is 1. The van der Waals surface area contributed by atoms with Crippen molar-refractivity contribution in [3.05, 3.63) is 0 Å². The van der Waals surface area contributed by atoms with E-state index in [-0.39, 0.29) is 0 Å². The fourth-order valence-electron chi connectivity index (χ4n) is 0. The van der Waals surface area contributed by atoms with Crippen molar-refractivity contribution in [3.63, 3.8) is 0 Å². The number of aliphatic hydroxyl groups is 1. The Balaban J connectivity index is 0. The lowest BCUT2D eigenvalue weighted by molar-refractivity contribution is -0.181. The molecule has 0 saturated heterocycles. The van der Waals surface area contributed by atoms with Crippen LogP contribution < -0.4 is 0 Å². The molecular formula is C2H4F6OS. The summed E-state index contributed by atoms with van der Waals surface area (Å²) in [5.41, 5.74) is 0. The zero-order valence-corrected chi connectivity index (χ0v) is 5.44. The second kappa shape index (κ2) is 3.91. The fourth-order valence-corrected chi connectivity index (χ4v) is 0. The molecule has 0 bridgehead atoms. The maximum Gasteiger partial charge on any atom is 0.379 e. The molecule has 0 radical (unpaired) electrons. The summed E-state index contributed by atoms with van der Waals surface area (Å²) in [4.78, 5) is 0. The van der Waals surface area contributed by atoms with Gasteiger partial charge in [-0.05, 0) is 0 Å². The summed E-state index contributed by atoms with van der Waals surface area (Å²) >= 11 is -6.17. The molecule has 0 aromatic carbocycles. The van der Waals surface area contributed by atoms with E-state index < -0.39 is 17.7 Å². The molecule has 0 rings (SSSR count). The van der Waals surface area contributed by atoms with Crippen LogP contribution in [0.5, 0.6) is 0 Å². The molecular weight excluding hydrogens is 186 g/mol. The normalized spacial score (nSPS) is 13.6. The highest BCUT2D eigenvalue weighted by atomic mass is 32.4. The molecule has 0 atom stereocenters. The Bertz CT molecular complexity index is 58.7. The molecule has 0 aromatic rings. The smallest absolute Gasteiger partial charge is 0.337 e. The minimum absolute atomic E-state index is 0.410. The van der Waals surface area contributed by atoms with E-state index in [4.69, 9.17) is 5.11 Å². The molecule has 0 aliphatic rings. The Morgan fingerprint density at radius 3 is 1.10 bits per heavy atom. The van der Waals surface area contributed by atoms with Gasteiger partial charge < -0.3 is 5.11 Å². The van der Waals surface area contributed by atoms with Crippen molar-refractivity contribution in [3.8, 4) is 0 Å². The van der Waals surface area contributed by atoms with Crippen LogP contribution in [0.3, 0.4) is 0 Å². The molecule has 66 valence electrons. The van der Waals surface area contributed by atoms with Crippen LogP contribution >= 0.6 is 11.6 Å². The first-order chi connectivity index (χ1) is 4.00. The first kappa shape index (κ1) is 12.6. The standard InChI is InChI=1S/C2H4F2O.F4S/c1-2(3,4)5;1-5(2,3)4/h5H,1H3;. The van der Waals surface area contributed by atoms with E-state index in [1.165, 1.54) is 0 Å². The highest BCUT2D eigenvalue weighted by molar-refractivity contribution is 8.16. The van der Waals surface area contributed by atoms with Gasteiger partial charge >= 0.3 is 17.7 Å². The van der Waals surface area contributed by atoms with E-state index in [0.29, 0.717) is 6.92 Å². The average Bonchev–Trinajstić information content (AvgIpc) is 1.12. The maximum atomic E-state index is 10.6. The van der Waals surface area contributed by atoms with E-state index in [2.05, 4.69) is 0 Å². The second-order valence-electron chi connectivity index (χ2n) is 1.19. The third-order valence-corrected chi connectivity index (χ3v) is 0. The predicted octanol–water partition coefficient (Wildman–Crippen LogP) is 2.92. The van der Waals surface area contributed by atoms with Crippen LogP contribution in [-0.4, -0.2) is 11.2 Å². The lowest BCUT2D eigenvalue weighted by Gasteiger charge is -1.93. The van der Waals surface area contributed by atoms with Crippen LogP contribution in [0.2, 0.25) is 0 Å². The third kappa shape index (κ3) is 31000. The largest absolute Gasteiger partial charge is 0.379 e. The first-order valence-electron chi connectivity index (χ1n) is 1.72. The maximum absolute atomic E-state index is 10.6. The highest BCUT2D eigenvalue weighted by Crippen LogP contribution is 2.54. The molecule has 1 N–H and O–H groups in total. The number of halogens is 6. The quantitative estimate of drug-likeness (QED) is 0.582. The summed E-state index contributed by atoms with van der Waals surface area (Å²) < 4.78 is 60.2. The summed E-state index contributed by atoms with van der Waals surface area (Å²) in [7, 11) is 0. The van der Waals surface area contributed by atoms with Gasteiger partial charge in [0.1, 0.15) is 0 Å². The van der Waals surface area contributed by atoms with Crippen molar-refractivity contribution in [1.82, 2.24) is 0 Å². The molecule has 8 heteroatoms. The number of hydrogen-bond donors (Lipinski definition) is 1. The highest BCUT2D eigenvalue weighted by Gasteiger charge is 2.16. The van der Waals surface area contributed by atoms with Crippen molar-refractivity contribution < 1.29 is 29.4 Å². The molecule has 0 aliphatic carbocycles. The Morgan fingerprint density at radius 2 is 1.10 bits per heavy atom. The van der Waals surface area contributed by atoms with Crippen LogP contribution in [0.1, 0.15) is 6.92 Å². The summed E-state index contributed by atoms with van der Waals surface area (Å²) in [6, 6.07) is 0. The predicted molar refractivity (Wildman–Crippen MR) is 24.9 cm³/mol. The minimum Gasteiger partial charge on any atom is -0.337 e. The zero-order chi connectivity index (χ0) is 9.00. The molecule has 0 aliphatic heterocycles. The van der Waals surface area contributed by atoms with Crippen LogP contribution in [0, 0.1) is 0 Å². The second-order valence-corrected chi connectivity index (χ2v) is 1.89. The molecule has 10 heavy (non-hydrogen) atoms. The Hall–Kier alpha value is -0.110. The topological polar surface area (TPSA) is 20.2 Å². The van der Waals surface area contributed by atoms with Crippen molar-refractivity contribution in [2.45, 2.75) is 13.0 Å². The molecule has 0 heterocycles. The monoisotopic (exact) mass is 190 g/mol. The average molecular weight is 190 g/mol. The van der Waals surface area contributed by atoms with Crippen LogP contribution in [-0.2, 0) is 0 Å². The first-order valence-corrected chi connectivity index (χ1v) is 2.95. The molecule has 0 fully saturated rings. The van der Waals surface area contributed by atoms with Gasteiger partial charge in [-0.25, -0.2) is 0 Å². The van der Waals surface area contributed by atoms with Gasteiger partial charge in [-0.2, -0.15) is 8.78 Å². The van der Waals surface area contributed by atoms with E-state index in [1.807, 2.05) is 0 Å². The molecule has 0 aromatic heterocycles. The Morgan fingerprint density at radius 1 is 1.10 bits per heavy atom. The van der Waals surface area contributed by atoms with Crippen LogP contribution in [0.15, 0.2) is 0 Å². The SMILES string of the molecule is CC(O)(F)F.FS(F)(F)F.